The fourth-order valence-corrected chi connectivity index (χ4v) is 2.08. The number of hydrogen-bond donors (Lipinski definition) is 0. The van der Waals surface area contributed by atoms with E-state index in [1.807, 2.05) is 0 Å². The second-order valence-corrected chi connectivity index (χ2v) is 4.31. The van der Waals surface area contributed by atoms with Gasteiger partial charge in [-0.25, -0.2) is 0 Å². The van der Waals surface area contributed by atoms with Gasteiger partial charge in [0.1, 0.15) is 0 Å². The van der Waals surface area contributed by atoms with E-state index >= 15 is 0 Å². The van der Waals surface area contributed by atoms with Crippen molar-refractivity contribution in [3.05, 3.63) is 11.6 Å². The van der Waals surface area contributed by atoms with Gasteiger partial charge in [-0.3, -0.25) is 0 Å². The summed E-state index contributed by atoms with van der Waals surface area (Å²) in [7, 11) is 1.78. The number of ether oxygens (including phenoxy) is 2. The van der Waals surface area contributed by atoms with E-state index in [0.717, 1.165) is 25.7 Å². The summed E-state index contributed by atoms with van der Waals surface area (Å²) in [6.45, 7) is 6.99. The van der Waals surface area contributed by atoms with E-state index in [0.29, 0.717) is 5.92 Å². The van der Waals surface area contributed by atoms with Crippen molar-refractivity contribution < 1.29 is 9.47 Å². The van der Waals surface area contributed by atoms with Crippen molar-refractivity contribution in [1.82, 2.24) is 0 Å². The van der Waals surface area contributed by atoms with E-state index in [1.165, 1.54) is 18.4 Å². The third kappa shape index (κ3) is 3.81. The molecule has 0 spiro atoms. The number of allylic oxidation sites excluding steroid dienone is 1. The molecular weight excluding hydrogens is 176 g/mol. The molecule has 1 unspecified atom stereocenters. The summed E-state index contributed by atoms with van der Waals surface area (Å²) in [6, 6.07) is 0. The fourth-order valence-electron chi connectivity index (χ4n) is 2.08. The van der Waals surface area contributed by atoms with Crippen molar-refractivity contribution in [1.29, 1.82) is 0 Å². The molecule has 1 saturated heterocycles. The second-order valence-electron chi connectivity index (χ2n) is 4.31. The average molecular weight is 198 g/mol. The van der Waals surface area contributed by atoms with Crippen LogP contribution in [0.4, 0.5) is 0 Å². The van der Waals surface area contributed by atoms with E-state index < -0.39 is 0 Å². The van der Waals surface area contributed by atoms with Crippen LogP contribution in [0.15, 0.2) is 11.6 Å². The summed E-state index contributed by atoms with van der Waals surface area (Å²) in [6.07, 6.45) is 4.70. The topological polar surface area (TPSA) is 18.5 Å². The van der Waals surface area contributed by atoms with E-state index in [9.17, 15) is 0 Å². The van der Waals surface area contributed by atoms with Crippen LogP contribution in [-0.4, -0.2) is 26.9 Å². The standard InChI is InChI=1S/C12H22O2/c1-10(2)8-12(9-13-3)11-4-6-14-7-5-11/h8,11-12H,4-7,9H2,1-3H3. The summed E-state index contributed by atoms with van der Waals surface area (Å²) >= 11 is 0. The Hall–Kier alpha value is -0.340. The first-order valence-corrected chi connectivity index (χ1v) is 5.45. The highest BCUT2D eigenvalue weighted by atomic mass is 16.5. The summed E-state index contributed by atoms with van der Waals surface area (Å²) in [4.78, 5) is 0. The third-order valence-electron chi connectivity index (χ3n) is 2.78. The number of methoxy groups -OCH3 is 1. The fraction of sp³-hybridized carbons (Fsp3) is 0.833. The van der Waals surface area contributed by atoms with Crippen LogP contribution in [0.25, 0.3) is 0 Å². The highest BCUT2D eigenvalue weighted by Gasteiger charge is 2.21. The predicted octanol–water partition coefficient (Wildman–Crippen LogP) is 2.64. The van der Waals surface area contributed by atoms with Crippen LogP contribution in [0, 0.1) is 11.8 Å². The largest absolute Gasteiger partial charge is 0.384 e. The smallest absolute Gasteiger partial charge is 0.0527 e. The zero-order chi connectivity index (χ0) is 10.4. The molecule has 1 rings (SSSR count). The van der Waals surface area contributed by atoms with Gasteiger partial charge < -0.3 is 9.47 Å². The van der Waals surface area contributed by atoms with E-state index in [2.05, 4.69) is 19.9 Å². The first-order chi connectivity index (χ1) is 6.74. The molecule has 1 aliphatic rings. The number of hydrogen-bond acceptors (Lipinski definition) is 2. The van der Waals surface area contributed by atoms with Gasteiger partial charge in [0.15, 0.2) is 0 Å². The quantitative estimate of drug-likeness (QED) is 0.646. The van der Waals surface area contributed by atoms with Crippen LogP contribution >= 0.6 is 0 Å². The average Bonchev–Trinajstić information content (AvgIpc) is 2.18. The maximum absolute atomic E-state index is 5.37. The SMILES string of the molecule is COCC(C=C(C)C)C1CCOCC1. The van der Waals surface area contributed by atoms with Crippen LogP contribution in [0.1, 0.15) is 26.7 Å². The van der Waals surface area contributed by atoms with E-state index in [1.54, 1.807) is 7.11 Å². The van der Waals surface area contributed by atoms with Crippen molar-refractivity contribution in [2.75, 3.05) is 26.9 Å². The minimum Gasteiger partial charge on any atom is -0.384 e. The molecule has 0 aromatic heterocycles. The molecule has 2 heteroatoms. The molecule has 0 N–H and O–H groups in total. The third-order valence-corrected chi connectivity index (χ3v) is 2.78. The van der Waals surface area contributed by atoms with Gasteiger partial charge in [-0.05, 0) is 32.6 Å². The predicted molar refractivity (Wildman–Crippen MR) is 58.3 cm³/mol. The Morgan fingerprint density at radius 2 is 2.07 bits per heavy atom. The molecule has 0 saturated carbocycles. The van der Waals surface area contributed by atoms with Gasteiger partial charge in [0.25, 0.3) is 0 Å². The highest BCUT2D eigenvalue weighted by molar-refractivity contribution is 4.99. The van der Waals surface area contributed by atoms with Gasteiger partial charge in [0.05, 0.1) is 6.61 Å². The van der Waals surface area contributed by atoms with Crippen LogP contribution in [0.2, 0.25) is 0 Å². The Kier molecular flexibility index (Phi) is 5.20. The Labute approximate surface area is 87.3 Å². The first-order valence-electron chi connectivity index (χ1n) is 5.45. The van der Waals surface area contributed by atoms with Crippen molar-refractivity contribution in [2.45, 2.75) is 26.7 Å². The first kappa shape index (κ1) is 11.7. The van der Waals surface area contributed by atoms with Crippen molar-refractivity contribution in [2.24, 2.45) is 11.8 Å². The molecule has 1 heterocycles. The van der Waals surface area contributed by atoms with E-state index in [-0.39, 0.29) is 0 Å². The molecule has 0 radical (unpaired) electrons. The van der Waals surface area contributed by atoms with Crippen LogP contribution in [0.3, 0.4) is 0 Å². The van der Waals surface area contributed by atoms with Crippen molar-refractivity contribution >= 4 is 0 Å². The normalized spacial score (nSPS) is 20.5. The van der Waals surface area contributed by atoms with Gasteiger partial charge >= 0.3 is 0 Å². The lowest BCUT2D eigenvalue weighted by Crippen LogP contribution is -2.25. The zero-order valence-electron chi connectivity index (χ0n) is 9.58. The molecule has 0 aliphatic carbocycles. The minimum absolute atomic E-state index is 0.578. The van der Waals surface area contributed by atoms with Gasteiger partial charge in [-0.1, -0.05) is 11.6 Å². The second kappa shape index (κ2) is 6.20. The highest BCUT2D eigenvalue weighted by Crippen LogP contribution is 2.25. The Morgan fingerprint density at radius 3 is 2.57 bits per heavy atom. The lowest BCUT2D eigenvalue weighted by atomic mass is 9.85. The summed E-state index contributed by atoms with van der Waals surface area (Å²) in [5.74, 6) is 1.33. The molecule has 1 aliphatic heterocycles. The lowest BCUT2D eigenvalue weighted by molar-refractivity contribution is 0.0371. The number of rotatable bonds is 4. The molecule has 1 atom stereocenters. The van der Waals surface area contributed by atoms with Crippen LogP contribution in [0.5, 0.6) is 0 Å². The van der Waals surface area contributed by atoms with Crippen LogP contribution in [-0.2, 0) is 9.47 Å². The Bertz CT molecular complexity index is 177. The molecule has 0 bridgehead atoms. The minimum atomic E-state index is 0.578. The molecule has 0 aromatic carbocycles. The summed E-state index contributed by atoms with van der Waals surface area (Å²) in [5, 5.41) is 0. The lowest BCUT2D eigenvalue weighted by Gasteiger charge is -2.28. The Morgan fingerprint density at radius 1 is 1.43 bits per heavy atom. The van der Waals surface area contributed by atoms with Crippen molar-refractivity contribution in [3.63, 3.8) is 0 Å². The maximum Gasteiger partial charge on any atom is 0.0527 e. The zero-order valence-corrected chi connectivity index (χ0v) is 9.58. The van der Waals surface area contributed by atoms with E-state index in [4.69, 9.17) is 9.47 Å². The van der Waals surface area contributed by atoms with Gasteiger partial charge in [0, 0.05) is 26.2 Å². The molecule has 2 nitrogen and oxygen atoms in total. The van der Waals surface area contributed by atoms with Gasteiger partial charge in [-0.2, -0.15) is 0 Å². The van der Waals surface area contributed by atoms with Crippen LogP contribution < -0.4 is 0 Å². The molecular formula is C12H22O2. The molecule has 14 heavy (non-hydrogen) atoms. The maximum atomic E-state index is 5.37. The summed E-state index contributed by atoms with van der Waals surface area (Å²) < 4.78 is 10.6. The van der Waals surface area contributed by atoms with Gasteiger partial charge in [0.2, 0.25) is 0 Å². The van der Waals surface area contributed by atoms with Crippen molar-refractivity contribution in [3.8, 4) is 0 Å². The van der Waals surface area contributed by atoms with Gasteiger partial charge in [-0.15, -0.1) is 0 Å². The Balaban J connectivity index is 2.51. The molecule has 82 valence electrons. The molecule has 0 aromatic rings. The molecule has 1 fully saturated rings. The monoisotopic (exact) mass is 198 g/mol. The summed E-state index contributed by atoms with van der Waals surface area (Å²) in [5.41, 5.74) is 1.39. The molecule has 0 amide bonds.